The minimum atomic E-state index is -0.00830. The van der Waals surface area contributed by atoms with Crippen molar-refractivity contribution < 1.29 is 0 Å². The predicted molar refractivity (Wildman–Crippen MR) is 83.5 cm³/mol. The minimum absolute atomic E-state index is 0.00830. The van der Waals surface area contributed by atoms with Crippen LogP contribution >= 0.6 is 11.6 Å². The predicted octanol–water partition coefficient (Wildman–Crippen LogP) is 4.82. The van der Waals surface area contributed by atoms with E-state index in [1.165, 1.54) is 31.2 Å². The molecule has 0 aliphatic heterocycles. The third-order valence-corrected chi connectivity index (χ3v) is 4.51. The highest BCUT2D eigenvalue weighted by Gasteiger charge is 2.32. The molecule has 1 aliphatic carbocycles. The molecule has 0 spiro atoms. The standard InChI is InChI=1S/C17H26ClN/c1-13(2)10-15-4-3-9-17(19,12-15)11-14-5-7-16(18)8-6-14/h5-8,13,15H,3-4,9-12,19H2,1-2H3. The zero-order valence-electron chi connectivity index (χ0n) is 12.2. The molecule has 1 aromatic rings. The van der Waals surface area contributed by atoms with Gasteiger partial charge in [-0.2, -0.15) is 0 Å². The summed E-state index contributed by atoms with van der Waals surface area (Å²) in [5, 5.41) is 0.802. The van der Waals surface area contributed by atoms with Crippen LogP contribution in [0.4, 0.5) is 0 Å². The van der Waals surface area contributed by atoms with E-state index >= 15 is 0 Å². The summed E-state index contributed by atoms with van der Waals surface area (Å²) in [5.41, 5.74) is 7.97. The van der Waals surface area contributed by atoms with Crippen LogP contribution in [-0.2, 0) is 6.42 Å². The second-order valence-electron chi connectivity index (χ2n) is 6.76. The molecule has 2 heteroatoms. The van der Waals surface area contributed by atoms with E-state index in [0.717, 1.165) is 29.7 Å². The quantitative estimate of drug-likeness (QED) is 0.840. The topological polar surface area (TPSA) is 26.0 Å². The van der Waals surface area contributed by atoms with Gasteiger partial charge in [-0.15, -0.1) is 0 Å². The molecular weight excluding hydrogens is 254 g/mol. The van der Waals surface area contributed by atoms with Crippen LogP contribution in [0.5, 0.6) is 0 Å². The number of halogens is 1. The summed E-state index contributed by atoms with van der Waals surface area (Å²) in [6.45, 7) is 4.62. The van der Waals surface area contributed by atoms with Gasteiger partial charge < -0.3 is 5.73 Å². The van der Waals surface area contributed by atoms with Crippen molar-refractivity contribution in [1.29, 1.82) is 0 Å². The largest absolute Gasteiger partial charge is 0.325 e. The average Bonchev–Trinajstić information content (AvgIpc) is 2.31. The molecule has 0 aromatic heterocycles. The van der Waals surface area contributed by atoms with Gasteiger partial charge in [-0.25, -0.2) is 0 Å². The molecule has 0 amide bonds. The maximum Gasteiger partial charge on any atom is 0.0406 e. The fourth-order valence-corrected chi connectivity index (χ4v) is 3.69. The third-order valence-electron chi connectivity index (χ3n) is 4.26. The first-order valence-corrected chi connectivity index (χ1v) is 7.88. The van der Waals surface area contributed by atoms with Gasteiger partial charge in [-0.05, 0) is 55.2 Å². The first-order chi connectivity index (χ1) is 8.97. The molecule has 0 bridgehead atoms. The highest BCUT2D eigenvalue weighted by molar-refractivity contribution is 6.30. The lowest BCUT2D eigenvalue weighted by Gasteiger charge is -2.39. The first-order valence-electron chi connectivity index (χ1n) is 7.50. The molecule has 0 saturated heterocycles. The minimum Gasteiger partial charge on any atom is -0.325 e. The molecule has 1 fully saturated rings. The molecule has 19 heavy (non-hydrogen) atoms. The van der Waals surface area contributed by atoms with Crippen LogP contribution in [0.1, 0.15) is 51.5 Å². The van der Waals surface area contributed by atoms with Crippen LogP contribution in [-0.4, -0.2) is 5.54 Å². The van der Waals surface area contributed by atoms with Gasteiger partial charge in [0.2, 0.25) is 0 Å². The summed E-state index contributed by atoms with van der Waals surface area (Å²) in [6.07, 6.45) is 7.27. The van der Waals surface area contributed by atoms with E-state index in [2.05, 4.69) is 26.0 Å². The van der Waals surface area contributed by atoms with Crippen molar-refractivity contribution in [3.8, 4) is 0 Å². The van der Waals surface area contributed by atoms with Gasteiger partial charge >= 0.3 is 0 Å². The number of hydrogen-bond acceptors (Lipinski definition) is 1. The first kappa shape index (κ1) is 14.9. The zero-order chi connectivity index (χ0) is 13.9. The van der Waals surface area contributed by atoms with Crippen molar-refractivity contribution in [2.45, 2.75) is 57.9 Å². The molecule has 0 radical (unpaired) electrons. The average molecular weight is 280 g/mol. The summed E-state index contributed by atoms with van der Waals surface area (Å²) in [5.74, 6) is 1.59. The Morgan fingerprint density at radius 3 is 2.63 bits per heavy atom. The number of benzene rings is 1. The second kappa shape index (κ2) is 6.28. The highest BCUT2D eigenvalue weighted by atomic mass is 35.5. The van der Waals surface area contributed by atoms with E-state index in [1.807, 2.05) is 12.1 Å². The Balaban J connectivity index is 1.99. The van der Waals surface area contributed by atoms with E-state index in [9.17, 15) is 0 Å². The Morgan fingerprint density at radius 2 is 2.00 bits per heavy atom. The fraction of sp³-hybridized carbons (Fsp3) is 0.647. The smallest absolute Gasteiger partial charge is 0.0406 e. The van der Waals surface area contributed by atoms with Crippen molar-refractivity contribution in [3.63, 3.8) is 0 Å². The molecule has 2 rings (SSSR count). The molecule has 2 unspecified atom stereocenters. The van der Waals surface area contributed by atoms with Gasteiger partial charge in [0.25, 0.3) is 0 Å². The Hall–Kier alpha value is -0.530. The molecule has 2 N–H and O–H groups in total. The van der Waals surface area contributed by atoms with Gasteiger partial charge in [0.1, 0.15) is 0 Å². The highest BCUT2D eigenvalue weighted by Crippen LogP contribution is 2.36. The Kier molecular flexibility index (Phi) is 4.92. The molecular formula is C17H26ClN. The van der Waals surface area contributed by atoms with Gasteiger partial charge in [-0.3, -0.25) is 0 Å². The molecule has 1 aromatic carbocycles. The molecule has 0 heterocycles. The summed E-state index contributed by atoms with van der Waals surface area (Å²) >= 11 is 5.94. The Morgan fingerprint density at radius 1 is 1.32 bits per heavy atom. The van der Waals surface area contributed by atoms with E-state index in [4.69, 9.17) is 17.3 Å². The van der Waals surface area contributed by atoms with Crippen LogP contribution in [0.2, 0.25) is 5.02 Å². The number of nitrogens with two attached hydrogens (primary N) is 1. The van der Waals surface area contributed by atoms with Gasteiger partial charge in [-0.1, -0.05) is 50.4 Å². The summed E-state index contributed by atoms with van der Waals surface area (Å²) < 4.78 is 0. The van der Waals surface area contributed by atoms with Crippen molar-refractivity contribution in [2.75, 3.05) is 0 Å². The molecule has 1 saturated carbocycles. The lowest BCUT2D eigenvalue weighted by molar-refractivity contribution is 0.200. The van der Waals surface area contributed by atoms with Crippen molar-refractivity contribution in [3.05, 3.63) is 34.9 Å². The van der Waals surface area contributed by atoms with Crippen molar-refractivity contribution in [2.24, 2.45) is 17.6 Å². The van der Waals surface area contributed by atoms with Crippen LogP contribution in [0, 0.1) is 11.8 Å². The lowest BCUT2D eigenvalue weighted by atomic mass is 9.71. The summed E-state index contributed by atoms with van der Waals surface area (Å²) in [4.78, 5) is 0. The number of hydrogen-bond donors (Lipinski definition) is 1. The van der Waals surface area contributed by atoms with E-state index in [1.54, 1.807) is 0 Å². The van der Waals surface area contributed by atoms with Gasteiger partial charge in [0.05, 0.1) is 0 Å². The number of rotatable bonds is 4. The lowest BCUT2D eigenvalue weighted by Crippen LogP contribution is -2.46. The molecule has 1 aliphatic rings. The zero-order valence-corrected chi connectivity index (χ0v) is 12.9. The normalized spacial score (nSPS) is 27.7. The summed E-state index contributed by atoms with van der Waals surface area (Å²) in [6, 6.07) is 8.16. The van der Waals surface area contributed by atoms with Crippen LogP contribution in [0.3, 0.4) is 0 Å². The van der Waals surface area contributed by atoms with Crippen molar-refractivity contribution in [1.82, 2.24) is 0 Å². The Bertz CT molecular complexity index is 398. The van der Waals surface area contributed by atoms with Crippen LogP contribution < -0.4 is 5.73 Å². The third kappa shape index (κ3) is 4.50. The van der Waals surface area contributed by atoms with Crippen LogP contribution in [0.25, 0.3) is 0 Å². The van der Waals surface area contributed by atoms with Crippen molar-refractivity contribution >= 4 is 11.6 Å². The van der Waals surface area contributed by atoms with Gasteiger partial charge in [0, 0.05) is 10.6 Å². The maximum absolute atomic E-state index is 6.66. The van der Waals surface area contributed by atoms with E-state index < -0.39 is 0 Å². The fourth-order valence-electron chi connectivity index (χ4n) is 3.56. The monoisotopic (exact) mass is 279 g/mol. The second-order valence-corrected chi connectivity index (χ2v) is 7.19. The summed E-state index contributed by atoms with van der Waals surface area (Å²) in [7, 11) is 0. The van der Waals surface area contributed by atoms with E-state index in [0.29, 0.717) is 0 Å². The van der Waals surface area contributed by atoms with E-state index in [-0.39, 0.29) is 5.54 Å². The maximum atomic E-state index is 6.66. The van der Waals surface area contributed by atoms with Crippen LogP contribution in [0.15, 0.2) is 24.3 Å². The Labute approximate surface area is 122 Å². The SMILES string of the molecule is CC(C)CC1CCCC(N)(Cc2ccc(Cl)cc2)C1. The van der Waals surface area contributed by atoms with Gasteiger partial charge in [0.15, 0.2) is 0 Å². The molecule has 2 atom stereocenters. The molecule has 106 valence electrons. The molecule has 1 nitrogen and oxygen atoms in total.